The van der Waals surface area contributed by atoms with Gasteiger partial charge in [0.25, 0.3) is 0 Å². The smallest absolute Gasteiger partial charge is 0.0897 e. The second-order valence-electron chi connectivity index (χ2n) is 3.70. The predicted octanol–water partition coefficient (Wildman–Crippen LogP) is 2.32. The molecule has 3 nitrogen and oxygen atoms in total. The van der Waals surface area contributed by atoms with Crippen molar-refractivity contribution in [1.82, 2.24) is 9.55 Å². The van der Waals surface area contributed by atoms with Crippen LogP contribution < -0.4 is 5.73 Å². The molecule has 2 aromatic heterocycles. The minimum Gasteiger partial charge on any atom is -0.345 e. The van der Waals surface area contributed by atoms with Crippen molar-refractivity contribution >= 4 is 11.3 Å². The summed E-state index contributed by atoms with van der Waals surface area (Å²) >= 11 is 1.73. The molecule has 0 aliphatic carbocycles. The Kier molecular flexibility index (Phi) is 2.88. The van der Waals surface area contributed by atoms with E-state index in [1.807, 2.05) is 26.1 Å². The Morgan fingerprint density at radius 1 is 1.60 bits per heavy atom. The van der Waals surface area contributed by atoms with E-state index < -0.39 is 0 Å². The summed E-state index contributed by atoms with van der Waals surface area (Å²) in [6, 6.07) is 4.18. The van der Waals surface area contributed by atoms with Gasteiger partial charge in [-0.1, -0.05) is 0 Å². The first-order valence-electron chi connectivity index (χ1n) is 4.99. The number of aromatic nitrogens is 2. The van der Waals surface area contributed by atoms with E-state index in [4.69, 9.17) is 5.73 Å². The number of rotatable bonds is 3. The molecular formula is C11H15N3S. The van der Waals surface area contributed by atoms with Gasteiger partial charge in [0, 0.05) is 29.0 Å². The molecule has 0 saturated carbocycles. The highest BCUT2D eigenvalue weighted by Crippen LogP contribution is 2.17. The second kappa shape index (κ2) is 4.16. The summed E-state index contributed by atoms with van der Waals surface area (Å²) in [7, 11) is 0. The van der Waals surface area contributed by atoms with Gasteiger partial charge in [-0.15, -0.1) is 11.3 Å². The van der Waals surface area contributed by atoms with E-state index in [-0.39, 0.29) is 6.04 Å². The predicted molar refractivity (Wildman–Crippen MR) is 63.0 cm³/mol. The van der Waals surface area contributed by atoms with Gasteiger partial charge in [0.1, 0.15) is 0 Å². The molecule has 0 amide bonds. The fourth-order valence-corrected chi connectivity index (χ4v) is 2.42. The lowest BCUT2D eigenvalue weighted by Gasteiger charge is -2.10. The summed E-state index contributed by atoms with van der Waals surface area (Å²) in [6.45, 7) is 4.90. The average Bonchev–Trinajstić information content (AvgIpc) is 2.75. The van der Waals surface area contributed by atoms with Gasteiger partial charge in [-0.2, -0.15) is 0 Å². The van der Waals surface area contributed by atoms with Crippen molar-refractivity contribution in [2.45, 2.75) is 26.4 Å². The van der Waals surface area contributed by atoms with Crippen molar-refractivity contribution in [2.75, 3.05) is 0 Å². The van der Waals surface area contributed by atoms with E-state index in [0.29, 0.717) is 0 Å². The van der Waals surface area contributed by atoms with Gasteiger partial charge in [-0.25, -0.2) is 4.98 Å². The minimum atomic E-state index is 0.0778. The zero-order chi connectivity index (χ0) is 10.8. The molecule has 2 rings (SSSR count). The van der Waals surface area contributed by atoms with E-state index in [9.17, 15) is 0 Å². The molecule has 1 atom stereocenters. The summed E-state index contributed by atoms with van der Waals surface area (Å²) in [6.07, 6.45) is 4.00. The molecule has 0 fully saturated rings. The van der Waals surface area contributed by atoms with E-state index in [2.05, 4.69) is 21.8 Å². The van der Waals surface area contributed by atoms with Crippen LogP contribution in [0.5, 0.6) is 0 Å². The van der Waals surface area contributed by atoms with Crippen LogP contribution in [0.15, 0.2) is 24.5 Å². The van der Waals surface area contributed by atoms with Crippen LogP contribution in [0.4, 0.5) is 0 Å². The summed E-state index contributed by atoms with van der Waals surface area (Å²) in [5, 5.41) is 1.11. The van der Waals surface area contributed by atoms with Crippen LogP contribution in [-0.4, -0.2) is 9.55 Å². The topological polar surface area (TPSA) is 43.8 Å². The quantitative estimate of drug-likeness (QED) is 0.864. The van der Waals surface area contributed by atoms with E-state index >= 15 is 0 Å². The van der Waals surface area contributed by atoms with Gasteiger partial charge in [-0.3, -0.25) is 0 Å². The molecule has 0 radical (unpaired) electrons. The average molecular weight is 221 g/mol. The van der Waals surface area contributed by atoms with Gasteiger partial charge < -0.3 is 10.3 Å². The lowest BCUT2D eigenvalue weighted by atomic mass is 10.2. The molecule has 0 aliphatic rings. The maximum absolute atomic E-state index is 5.88. The molecule has 0 bridgehead atoms. The summed E-state index contributed by atoms with van der Waals surface area (Å²) in [5.41, 5.74) is 7.05. The molecular weight excluding hydrogens is 206 g/mol. The molecule has 2 N–H and O–H groups in total. The van der Waals surface area contributed by atoms with Crippen molar-refractivity contribution in [2.24, 2.45) is 5.73 Å². The SMILES string of the molecule is Cc1ncc(Cn2cccc2C(C)N)s1. The fraction of sp³-hybridized carbons (Fsp3) is 0.364. The lowest BCUT2D eigenvalue weighted by Crippen LogP contribution is -2.11. The summed E-state index contributed by atoms with van der Waals surface area (Å²) in [5.74, 6) is 0. The van der Waals surface area contributed by atoms with Crippen LogP contribution in [0.3, 0.4) is 0 Å². The Labute approximate surface area is 93.6 Å². The standard InChI is InChI=1S/C11H15N3S/c1-8(12)11-4-3-5-14(11)7-10-6-13-9(2)15-10/h3-6,8H,7,12H2,1-2H3. The Bertz CT molecular complexity index is 442. The number of hydrogen-bond donors (Lipinski definition) is 1. The van der Waals surface area contributed by atoms with Crippen LogP contribution in [0, 0.1) is 6.92 Å². The van der Waals surface area contributed by atoms with Gasteiger partial charge in [0.05, 0.1) is 11.6 Å². The first kappa shape index (κ1) is 10.4. The minimum absolute atomic E-state index is 0.0778. The summed E-state index contributed by atoms with van der Waals surface area (Å²) in [4.78, 5) is 5.51. The van der Waals surface area contributed by atoms with Crippen LogP contribution in [0.1, 0.15) is 28.5 Å². The second-order valence-corrected chi connectivity index (χ2v) is 5.01. The Balaban J connectivity index is 2.20. The molecule has 0 saturated heterocycles. The van der Waals surface area contributed by atoms with Crippen molar-refractivity contribution in [1.29, 1.82) is 0 Å². The van der Waals surface area contributed by atoms with Crippen LogP contribution in [0.2, 0.25) is 0 Å². The Morgan fingerprint density at radius 2 is 2.40 bits per heavy atom. The highest BCUT2D eigenvalue weighted by molar-refractivity contribution is 7.11. The zero-order valence-corrected chi connectivity index (χ0v) is 9.79. The van der Waals surface area contributed by atoms with Crippen LogP contribution in [-0.2, 0) is 6.54 Å². The fourth-order valence-electron chi connectivity index (χ4n) is 1.63. The number of aryl methyl sites for hydroxylation is 1. The first-order valence-corrected chi connectivity index (χ1v) is 5.80. The first-order chi connectivity index (χ1) is 7.16. The maximum Gasteiger partial charge on any atom is 0.0897 e. The highest BCUT2D eigenvalue weighted by atomic mass is 32.1. The Hall–Kier alpha value is -1.13. The van der Waals surface area contributed by atoms with E-state index in [0.717, 1.165) is 11.6 Å². The molecule has 4 heteroatoms. The van der Waals surface area contributed by atoms with E-state index in [1.54, 1.807) is 11.3 Å². The van der Waals surface area contributed by atoms with Gasteiger partial charge >= 0.3 is 0 Å². The number of nitrogens with two attached hydrogens (primary N) is 1. The molecule has 0 aromatic carbocycles. The largest absolute Gasteiger partial charge is 0.345 e. The normalized spacial score (nSPS) is 13.0. The molecule has 0 spiro atoms. The lowest BCUT2D eigenvalue weighted by molar-refractivity contribution is 0.679. The molecule has 1 unspecified atom stereocenters. The van der Waals surface area contributed by atoms with Crippen LogP contribution in [0.25, 0.3) is 0 Å². The van der Waals surface area contributed by atoms with Crippen molar-refractivity contribution < 1.29 is 0 Å². The Morgan fingerprint density at radius 3 is 3.00 bits per heavy atom. The molecule has 0 aliphatic heterocycles. The monoisotopic (exact) mass is 221 g/mol. The van der Waals surface area contributed by atoms with Gasteiger partial charge in [0.15, 0.2) is 0 Å². The van der Waals surface area contributed by atoms with Crippen molar-refractivity contribution in [3.8, 4) is 0 Å². The summed E-state index contributed by atoms with van der Waals surface area (Å²) < 4.78 is 2.18. The number of thiazole rings is 1. The van der Waals surface area contributed by atoms with Crippen molar-refractivity contribution in [3.63, 3.8) is 0 Å². The highest BCUT2D eigenvalue weighted by Gasteiger charge is 2.06. The number of hydrogen-bond acceptors (Lipinski definition) is 3. The third-order valence-corrected chi connectivity index (χ3v) is 3.22. The molecule has 2 aromatic rings. The van der Waals surface area contributed by atoms with Gasteiger partial charge in [0.2, 0.25) is 0 Å². The third-order valence-electron chi connectivity index (χ3n) is 2.33. The van der Waals surface area contributed by atoms with Crippen molar-refractivity contribution in [3.05, 3.63) is 40.1 Å². The molecule has 80 valence electrons. The maximum atomic E-state index is 5.88. The zero-order valence-electron chi connectivity index (χ0n) is 8.97. The third kappa shape index (κ3) is 2.27. The molecule has 2 heterocycles. The van der Waals surface area contributed by atoms with Crippen LogP contribution >= 0.6 is 11.3 Å². The van der Waals surface area contributed by atoms with E-state index in [1.165, 1.54) is 10.6 Å². The molecule has 15 heavy (non-hydrogen) atoms. The van der Waals surface area contributed by atoms with Gasteiger partial charge in [-0.05, 0) is 26.0 Å². The number of nitrogens with zero attached hydrogens (tertiary/aromatic N) is 2.